The molecule has 0 aromatic carbocycles. The van der Waals surface area contributed by atoms with Gasteiger partial charge in [-0.15, -0.1) is 0 Å². The Labute approximate surface area is 217 Å². The van der Waals surface area contributed by atoms with Crippen molar-refractivity contribution in [3.8, 4) is 5.75 Å². The number of carboxylic acids is 2. The molecule has 0 radical (unpaired) electrons. The fourth-order valence-corrected chi connectivity index (χ4v) is 3.63. The molecular formula is C23H23F6N3O7. The lowest BCUT2D eigenvalue weighted by molar-refractivity contribution is -0.193. The predicted molar refractivity (Wildman–Crippen MR) is 119 cm³/mol. The van der Waals surface area contributed by atoms with Crippen LogP contribution in [0.3, 0.4) is 0 Å². The van der Waals surface area contributed by atoms with E-state index in [0.717, 1.165) is 31.6 Å². The normalized spacial score (nSPS) is 20.4. The molecule has 0 aliphatic carbocycles. The van der Waals surface area contributed by atoms with E-state index in [-0.39, 0.29) is 24.2 Å². The second-order valence-electron chi connectivity index (χ2n) is 8.05. The Bertz CT molecular complexity index is 1060. The lowest BCUT2D eigenvalue weighted by Crippen LogP contribution is -2.46. The van der Waals surface area contributed by atoms with Crippen LogP contribution in [0.2, 0.25) is 0 Å². The van der Waals surface area contributed by atoms with Gasteiger partial charge in [0, 0.05) is 18.9 Å². The number of hydrogen-bond donors (Lipinski definition) is 2. The zero-order valence-electron chi connectivity index (χ0n) is 19.9. The van der Waals surface area contributed by atoms with Crippen LogP contribution in [-0.4, -0.2) is 86.7 Å². The number of fused-ring (bicyclic) bond motifs is 1. The molecule has 10 nitrogen and oxygen atoms in total. The zero-order valence-corrected chi connectivity index (χ0v) is 19.9. The van der Waals surface area contributed by atoms with Crippen molar-refractivity contribution in [1.29, 1.82) is 0 Å². The molecule has 4 rings (SSSR count). The summed E-state index contributed by atoms with van der Waals surface area (Å²) < 4.78 is 75.4. The van der Waals surface area contributed by atoms with Crippen LogP contribution in [0.25, 0.3) is 0 Å². The van der Waals surface area contributed by atoms with Gasteiger partial charge in [-0.1, -0.05) is 6.07 Å². The lowest BCUT2D eigenvalue weighted by Gasteiger charge is -2.35. The first-order valence-electron chi connectivity index (χ1n) is 11.2. The number of amides is 1. The second-order valence-corrected chi connectivity index (χ2v) is 8.05. The van der Waals surface area contributed by atoms with Crippen molar-refractivity contribution in [2.24, 2.45) is 0 Å². The number of ether oxygens (including phenoxy) is 2. The van der Waals surface area contributed by atoms with Crippen molar-refractivity contribution in [2.75, 3.05) is 13.2 Å². The summed E-state index contributed by atoms with van der Waals surface area (Å²) in [5, 5.41) is 14.2. The number of halogens is 6. The van der Waals surface area contributed by atoms with Gasteiger partial charge < -0.3 is 24.6 Å². The molecule has 0 unspecified atom stereocenters. The van der Waals surface area contributed by atoms with Crippen LogP contribution in [0, 0.1) is 0 Å². The summed E-state index contributed by atoms with van der Waals surface area (Å²) in [4.78, 5) is 40.6. The number of pyridine rings is 2. The van der Waals surface area contributed by atoms with Crippen LogP contribution in [0.5, 0.6) is 5.75 Å². The minimum Gasteiger partial charge on any atom is -0.489 e. The molecule has 2 aromatic heterocycles. The van der Waals surface area contributed by atoms with Crippen molar-refractivity contribution in [1.82, 2.24) is 14.9 Å². The molecule has 2 aliphatic rings. The number of nitrogens with zero attached hydrogens (tertiary/aromatic N) is 3. The number of hydrogen-bond acceptors (Lipinski definition) is 7. The van der Waals surface area contributed by atoms with E-state index in [9.17, 15) is 31.1 Å². The minimum atomic E-state index is -5.08. The summed E-state index contributed by atoms with van der Waals surface area (Å²) in [7, 11) is 0. The van der Waals surface area contributed by atoms with Crippen LogP contribution in [0.1, 0.15) is 29.8 Å². The van der Waals surface area contributed by atoms with Gasteiger partial charge in [-0.25, -0.2) is 9.59 Å². The van der Waals surface area contributed by atoms with E-state index < -0.39 is 24.3 Å². The van der Waals surface area contributed by atoms with Gasteiger partial charge in [0.2, 0.25) is 0 Å². The molecule has 2 aliphatic heterocycles. The fraction of sp³-hybridized carbons (Fsp3) is 0.435. The Kier molecular flexibility index (Phi) is 11.0. The number of carboxylic acid groups (broad SMARTS) is 2. The number of likely N-dealkylation sites (tertiary alicyclic amines) is 1. The van der Waals surface area contributed by atoms with Crippen molar-refractivity contribution in [3.63, 3.8) is 0 Å². The molecule has 2 aromatic rings. The van der Waals surface area contributed by atoms with Crippen LogP contribution < -0.4 is 4.74 Å². The zero-order chi connectivity index (χ0) is 29.2. The molecule has 0 bridgehead atoms. The minimum absolute atomic E-state index is 0.00163. The molecule has 3 atom stereocenters. The second kappa shape index (κ2) is 13.7. The third kappa shape index (κ3) is 10.0. The smallest absolute Gasteiger partial charge is 0.489 e. The van der Waals surface area contributed by atoms with Gasteiger partial charge in [-0.05, 0) is 43.5 Å². The van der Waals surface area contributed by atoms with Crippen LogP contribution in [-0.2, 0) is 14.3 Å². The molecule has 2 N–H and O–H groups in total. The Morgan fingerprint density at radius 3 is 2.10 bits per heavy atom. The summed E-state index contributed by atoms with van der Waals surface area (Å²) in [6, 6.07) is 9.32. The lowest BCUT2D eigenvalue weighted by atomic mass is 9.99. The predicted octanol–water partition coefficient (Wildman–Crippen LogP) is 3.58. The van der Waals surface area contributed by atoms with E-state index in [0.29, 0.717) is 12.3 Å². The number of carbonyl (C=O) groups excluding carboxylic acids is 1. The van der Waals surface area contributed by atoms with Gasteiger partial charge in [0.25, 0.3) is 5.91 Å². The monoisotopic (exact) mass is 567 g/mol. The molecule has 4 heterocycles. The molecule has 2 saturated heterocycles. The molecule has 39 heavy (non-hydrogen) atoms. The first kappa shape index (κ1) is 31.3. The van der Waals surface area contributed by atoms with Gasteiger partial charge in [-0.2, -0.15) is 26.3 Å². The van der Waals surface area contributed by atoms with Gasteiger partial charge in [0.05, 0.1) is 24.4 Å². The first-order valence-corrected chi connectivity index (χ1v) is 11.2. The Morgan fingerprint density at radius 2 is 1.59 bits per heavy atom. The number of aliphatic carboxylic acids is 2. The molecule has 16 heteroatoms. The number of alkyl halides is 6. The molecule has 2 fully saturated rings. The number of rotatable bonds is 4. The van der Waals surface area contributed by atoms with Gasteiger partial charge >= 0.3 is 24.3 Å². The van der Waals surface area contributed by atoms with Crippen molar-refractivity contribution in [3.05, 3.63) is 54.6 Å². The van der Waals surface area contributed by atoms with E-state index in [2.05, 4.69) is 9.97 Å². The van der Waals surface area contributed by atoms with Crippen molar-refractivity contribution >= 4 is 17.8 Å². The standard InChI is InChI=1S/C19H21N3O3.2C2HF3O2/c23-19(16-5-1-2-10-21-16)22-11-8-18-17(22)7-6-15(25-18)13-24-14-4-3-9-20-12-14;2*3-2(4,5)1(6)7/h1-5,9-10,12,15,17-18H,6-8,11,13H2;2*(H,6,7)/t15-,17+,18+;;/m1../s1. The Balaban J connectivity index is 0.000000317. The van der Waals surface area contributed by atoms with E-state index in [1.54, 1.807) is 24.7 Å². The van der Waals surface area contributed by atoms with Crippen LogP contribution in [0.4, 0.5) is 26.3 Å². The molecule has 1 amide bonds. The Morgan fingerprint density at radius 1 is 0.949 bits per heavy atom. The highest BCUT2D eigenvalue weighted by Gasteiger charge is 2.42. The number of aromatic nitrogens is 2. The first-order chi connectivity index (χ1) is 18.2. The number of carbonyl (C=O) groups is 3. The van der Waals surface area contributed by atoms with E-state index in [1.165, 1.54) is 0 Å². The topological polar surface area (TPSA) is 139 Å². The Hall–Kier alpha value is -3.95. The highest BCUT2D eigenvalue weighted by atomic mass is 19.4. The molecule has 0 spiro atoms. The van der Waals surface area contributed by atoms with Gasteiger partial charge in [0.1, 0.15) is 18.1 Å². The van der Waals surface area contributed by atoms with E-state index >= 15 is 0 Å². The quantitative estimate of drug-likeness (QED) is 0.531. The summed E-state index contributed by atoms with van der Waals surface area (Å²) in [6.45, 7) is 1.24. The van der Waals surface area contributed by atoms with Crippen molar-refractivity contribution < 1.29 is 60.4 Å². The summed E-state index contributed by atoms with van der Waals surface area (Å²) in [5.74, 6) is -4.76. The maximum absolute atomic E-state index is 12.7. The SMILES string of the molecule is O=C(O)C(F)(F)F.O=C(O)C(F)(F)F.O=C(c1ccccn1)N1CC[C@@H]2O[C@@H](COc3cccnc3)CC[C@@H]21. The summed E-state index contributed by atoms with van der Waals surface area (Å²) in [6.07, 6.45) is -2.25. The van der Waals surface area contributed by atoms with Gasteiger partial charge in [-0.3, -0.25) is 14.8 Å². The molecule has 214 valence electrons. The highest BCUT2D eigenvalue weighted by Crippen LogP contribution is 2.32. The summed E-state index contributed by atoms with van der Waals surface area (Å²) in [5.41, 5.74) is 0.505. The highest BCUT2D eigenvalue weighted by molar-refractivity contribution is 5.92. The average molecular weight is 567 g/mol. The van der Waals surface area contributed by atoms with E-state index in [4.69, 9.17) is 29.3 Å². The van der Waals surface area contributed by atoms with Crippen molar-refractivity contribution in [2.45, 2.75) is 49.9 Å². The van der Waals surface area contributed by atoms with Gasteiger partial charge in [0.15, 0.2) is 0 Å². The molecular weight excluding hydrogens is 544 g/mol. The molecule has 0 saturated carbocycles. The van der Waals surface area contributed by atoms with Crippen LogP contribution >= 0.6 is 0 Å². The summed E-state index contributed by atoms with van der Waals surface area (Å²) >= 11 is 0. The third-order valence-electron chi connectivity index (χ3n) is 5.34. The average Bonchev–Trinajstić information content (AvgIpc) is 3.31. The maximum Gasteiger partial charge on any atom is 0.490 e. The fourth-order valence-electron chi connectivity index (χ4n) is 3.63. The largest absolute Gasteiger partial charge is 0.490 e. The third-order valence-corrected chi connectivity index (χ3v) is 5.34. The van der Waals surface area contributed by atoms with E-state index in [1.807, 2.05) is 29.2 Å². The van der Waals surface area contributed by atoms with Crippen LogP contribution in [0.15, 0.2) is 48.9 Å². The maximum atomic E-state index is 12.7.